The summed E-state index contributed by atoms with van der Waals surface area (Å²) >= 11 is 5.16. The summed E-state index contributed by atoms with van der Waals surface area (Å²) in [6.07, 6.45) is 0. The van der Waals surface area contributed by atoms with Gasteiger partial charge in [-0.05, 0) is 11.9 Å². The van der Waals surface area contributed by atoms with Gasteiger partial charge in [-0.15, -0.1) is 8.19 Å². The van der Waals surface area contributed by atoms with E-state index in [1.165, 1.54) is 5.30 Å². The minimum Gasteiger partial charge on any atom is -0.368 e. The highest BCUT2D eigenvalue weighted by atomic mass is 32.1. The average Bonchev–Trinajstić information content (AvgIpc) is 2.36. The lowest BCUT2D eigenvalue weighted by Gasteiger charge is -2.11. The minimum absolute atomic E-state index is 0.771. The van der Waals surface area contributed by atoms with E-state index in [0.717, 1.165) is 13.2 Å². The monoisotopic (exact) mass is 171 g/mol. The van der Waals surface area contributed by atoms with Crippen molar-refractivity contribution in [3.63, 3.8) is 0 Å². The van der Waals surface area contributed by atoms with Gasteiger partial charge in [-0.1, -0.05) is 18.3 Å². The molecular weight excluding hydrogens is 161 g/mol. The van der Waals surface area contributed by atoms with Gasteiger partial charge < -0.3 is 4.90 Å². The van der Waals surface area contributed by atoms with Crippen molar-refractivity contribution in [2.45, 2.75) is 0 Å². The van der Waals surface area contributed by atoms with Crippen molar-refractivity contribution >= 4 is 25.4 Å². The van der Waals surface area contributed by atoms with E-state index in [-0.39, 0.29) is 0 Å². The topological polar surface area (TPSA) is 3.24 Å². The smallest absolute Gasteiger partial charge is 0.112 e. The van der Waals surface area contributed by atoms with Gasteiger partial charge in [0.25, 0.3) is 0 Å². The molecule has 54 valence electrons. The van der Waals surface area contributed by atoms with E-state index in [1.807, 2.05) is 19.0 Å². The van der Waals surface area contributed by atoms with Crippen molar-refractivity contribution in [2.75, 3.05) is 14.1 Å². The second-order valence-electron chi connectivity index (χ2n) is 2.28. The Bertz CT molecular complexity index is 216. The van der Waals surface area contributed by atoms with Gasteiger partial charge in [0.05, 0.1) is 0 Å². The number of hydrogen-bond acceptors (Lipinski definition) is 1. The second-order valence-corrected chi connectivity index (χ2v) is 3.83. The molecule has 0 spiro atoms. The van der Waals surface area contributed by atoms with Crippen molar-refractivity contribution < 1.29 is 0 Å². The van der Waals surface area contributed by atoms with Crippen molar-refractivity contribution in [2.24, 2.45) is 0 Å². The molecule has 0 fully saturated rings. The van der Waals surface area contributed by atoms with Crippen LogP contribution in [0.1, 0.15) is 5.30 Å². The van der Waals surface area contributed by atoms with Gasteiger partial charge in [-0.2, -0.15) is 0 Å². The summed E-state index contributed by atoms with van der Waals surface area (Å²) in [4.78, 5) is 2.93. The summed E-state index contributed by atoms with van der Waals surface area (Å²) in [7, 11) is 4.73. The Morgan fingerprint density at radius 2 is 2.30 bits per heavy atom. The SMILES string of the molecule is CN(C)C(=S)c1ccc[pH]1. The van der Waals surface area contributed by atoms with Crippen LogP contribution in [0.25, 0.3) is 0 Å². The van der Waals surface area contributed by atoms with Crippen LogP contribution >= 0.6 is 20.4 Å². The highest BCUT2D eigenvalue weighted by molar-refractivity contribution is 7.81. The summed E-state index contributed by atoms with van der Waals surface area (Å²) < 4.78 is 0. The van der Waals surface area contributed by atoms with E-state index in [9.17, 15) is 0 Å². The first kappa shape index (κ1) is 7.77. The molecule has 1 rings (SSSR count). The van der Waals surface area contributed by atoms with Crippen LogP contribution in [0.2, 0.25) is 0 Å². The van der Waals surface area contributed by atoms with Crippen LogP contribution in [0.4, 0.5) is 0 Å². The van der Waals surface area contributed by atoms with Crippen LogP contribution in [0.3, 0.4) is 0 Å². The molecule has 1 nitrogen and oxygen atoms in total. The largest absolute Gasteiger partial charge is 0.368 e. The predicted molar refractivity (Wildman–Crippen MR) is 51.3 cm³/mol. The first-order chi connectivity index (χ1) is 4.72. The van der Waals surface area contributed by atoms with Crippen molar-refractivity contribution in [3.8, 4) is 0 Å². The lowest BCUT2D eigenvalue weighted by atomic mass is 10.4. The molecule has 0 amide bonds. The molecule has 0 saturated heterocycles. The lowest BCUT2D eigenvalue weighted by molar-refractivity contribution is 0.638. The summed E-state index contributed by atoms with van der Waals surface area (Å²) in [6, 6.07) is 4.14. The summed E-state index contributed by atoms with van der Waals surface area (Å²) in [6.45, 7) is 0. The molecule has 0 radical (unpaired) electrons. The molecule has 0 aromatic carbocycles. The van der Waals surface area contributed by atoms with E-state index < -0.39 is 0 Å². The lowest BCUT2D eigenvalue weighted by Crippen LogP contribution is -2.18. The molecule has 0 bridgehead atoms. The van der Waals surface area contributed by atoms with Crippen LogP contribution in [-0.2, 0) is 0 Å². The zero-order valence-electron chi connectivity index (χ0n) is 6.09. The highest BCUT2D eigenvalue weighted by Crippen LogP contribution is 2.16. The standard InChI is InChI=1S/C7H10NPS/c1-8(2)7(10)6-4-3-5-9-6/h3-5,9H,1-2H3. The van der Waals surface area contributed by atoms with E-state index in [1.54, 1.807) is 0 Å². The fourth-order valence-corrected chi connectivity index (χ4v) is 1.86. The molecule has 0 saturated carbocycles. The quantitative estimate of drug-likeness (QED) is 0.594. The molecule has 0 aliphatic rings. The molecule has 1 heterocycles. The third-order valence-corrected chi connectivity index (χ3v) is 3.07. The van der Waals surface area contributed by atoms with E-state index in [2.05, 4.69) is 17.9 Å². The molecule has 0 aliphatic heterocycles. The maximum absolute atomic E-state index is 5.16. The summed E-state index contributed by atoms with van der Waals surface area (Å²) in [5, 5.41) is 1.28. The highest BCUT2D eigenvalue weighted by Gasteiger charge is 2.00. The van der Waals surface area contributed by atoms with Crippen molar-refractivity contribution in [1.82, 2.24) is 4.90 Å². The Morgan fingerprint density at radius 1 is 1.60 bits per heavy atom. The molecular formula is C7H10NPS. The molecule has 3 heteroatoms. The molecule has 1 atom stereocenters. The van der Waals surface area contributed by atoms with Crippen LogP contribution in [0, 0.1) is 0 Å². The van der Waals surface area contributed by atoms with Gasteiger partial charge in [0, 0.05) is 19.4 Å². The van der Waals surface area contributed by atoms with Gasteiger partial charge in [0.2, 0.25) is 0 Å². The zero-order chi connectivity index (χ0) is 7.56. The number of rotatable bonds is 1. The maximum atomic E-state index is 5.16. The molecule has 1 unspecified atom stereocenters. The van der Waals surface area contributed by atoms with Crippen LogP contribution in [0.15, 0.2) is 17.9 Å². The Kier molecular flexibility index (Phi) is 2.47. The van der Waals surface area contributed by atoms with Crippen LogP contribution in [-0.4, -0.2) is 24.0 Å². The zero-order valence-corrected chi connectivity index (χ0v) is 7.90. The fraction of sp³-hybridized carbons (Fsp3) is 0.286. The molecule has 1 aromatic heterocycles. The summed E-state index contributed by atoms with van der Waals surface area (Å²) in [5.41, 5.74) is 0. The fourth-order valence-electron chi connectivity index (χ4n) is 0.704. The first-order valence-corrected chi connectivity index (χ1v) is 4.55. The summed E-state index contributed by atoms with van der Waals surface area (Å²) in [5.74, 6) is 2.14. The molecule has 1 aromatic rings. The van der Waals surface area contributed by atoms with Crippen LogP contribution < -0.4 is 0 Å². The maximum Gasteiger partial charge on any atom is 0.112 e. The van der Waals surface area contributed by atoms with E-state index in [0.29, 0.717) is 0 Å². The number of thiocarbonyl (C=S) groups is 1. The van der Waals surface area contributed by atoms with Gasteiger partial charge in [0.1, 0.15) is 4.99 Å². The van der Waals surface area contributed by atoms with Crippen LogP contribution in [0.5, 0.6) is 0 Å². The van der Waals surface area contributed by atoms with Crippen molar-refractivity contribution in [3.05, 3.63) is 23.2 Å². The number of hydrogen-bond donors (Lipinski definition) is 0. The third kappa shape index (κ3) is 1.59. The second kappa shape index (κ2) is 3.18. The van der Waals surface area contributed by atoms with Gasteiger partial charge in [0.15, 0.2) is 0 Å². The third-order valence-electron chi connectivity index (χ3n) is 1.23. The average molecular weight is 171 g/mol. The minimum atomic E-state index is 0.771. The molecule has 0 aliphatic carbocycles. The Morgan fingerprint density at radius 3 is 2.70 bits per heavy atom. The van der Waals surface area contributed by atoms with E-state index >= 15 is 0 Å². The van der Waals surface area contributed by atoms with Gasteiger partial charge in [-0.3, -0.25) is 0 Å². The predicted octanol–water partition coefficient (Wildman–Crippen LogP) is 1.95. The Hall–Kier alpha value is -0.330. The van der Waals surface area contributed by atoms with Crippen molar-refractivity contribution in [1.29, 1.82) is 0 Å². The Balaban J connectivity index is 2.78. The molecule has 10 heavy (non-hydrogen) atoms. The van der Waals surface area contributed by atoms with E-state index in [4.69, 9.17) is 12.2 Å². The first-order valence-electron chi connectivity index (χ1n) is 3.07. The van der Waals surface area contributed by atoms with Gasteiger partial charge in [-0.25, -0.2) is 0 Å². The Labute approximate surface area is 68.1 Å². The molecule has 0 N–H and O–H groups in total. The number of nitrogens with zero attached hydrogens (tertiary/aromatic N) is 1. The normalized spacial score (nSPS) is 10.2. The van der Waals surface area contributed by atoms with Gasteiger partial charge >= 0.3 is 0 Å².